The van der Waals surface area contributed by atoms with E-state index >= 15 is 0 Å². The van der Waals surface area contributed by atoms with Crippen LogP contribution in [0.4, 0.5) is 26.3 Å². The zero-order valence-corrected chi connectivity index (χ0v) is 24.5. The van der Waals surface area contributed by atoms with Crippen LogP contribution in [0, 0.1) is 0 Å². The fraction of sp³-hybridized carbons (Fsp3) is 0.219. The molecule has 0 radical (unpaired) electrons. The average Bonchev–Trinajstić information content (AvgIpc) is 3.03. The normalized spacial score (nSPS) is 12.5. The molecule has 0 spiro atoms. The Bertz CT molecular complexity index is 1900. The molecule has 15 heteroatoms. The Labute approximate surface area is 263 Å². The third-order valence-electron chi connectivity index (χ3n) is 6.92. The highest BCUT2D eigenvalue weighted by molar-refractivity contribution is 5.79. The Morgan fingerprint density at radius 1 is 0.894 bits per heavy atom. The van der Waals surface area contributed by atoms with Gasteiger partial charge in [0.2, 0.25) is 5.91 Å². The zero-order chi connectivity index (χ0) is 33.8. The van der Waals surface area contributed by atoms with Crippen LogP contribution >= 0.6 is 0 Å². The number of aromatic nitrogens is 4. The number of benzene rings is 2. The number of rotatable bonds is 10. The Balaban J connectivity index is 1.54. The maximum Gasteiger partial charge on any atom is 0.573 e. The van der Waals surface area contributed by atoms with Crippen molar-refractivity contribution in [1.82, 2.24) is 24.4 Å². The standard InChI is InChI=1S/C32H25F6N5O4/c1-20(42(18-22-4-2-14-39-17-22)27(44)16-21-6-10-25(11-7-21)47-32(36,37)38)29-41-28-26(5-3-15-40-28)30(45)43(29)23-8-12-24(13-9-23)46-19-31(33,34)35/h2-15,17,20H,16,18-19H2,1H3/t20-/m1/s1. The van der Waals surface area contributed by atoms with Gasteiger partial charge in [-0.3, -0.25) is 19.1 Å². The van der Waals surface area contributed by atoms with Gasteiger partial charge in [-0.15, -0.1) is 13.2 Å². The van der Waals surface area contributed by atoms with E-state index in [4.69, 9.17) is 4.74 Å². The van der Waals surface area contributed by atoms with Gasteiger partial charge in [0, 0.05) is 25.1 Å². The number of ether oxygens (including phenoxy) is 2. The number of nitrogens with zero attached hydrogens (tertiary/aromatic N) is 5. The van der Waals surface area contributed by atoms with E-state index in [1.807, 2.05) is 0 Å². The number of fused-ring (bicyclic) bond motifs is 1. The Morgan fingerprint density at radius 2 is 1.57 bits per heavy atom. The number of hydrogen-bond donors (Lipinski definition) is 0. The van der Waals surface area contributed by atoms with Crippen LogP contribution in [0.1, 0.15) is 29.9 Å². The molecule has 0 saturated carbocycles. The molecule has 0 N–H and O–H groups in total. The highest BCUT2D eigenvalue weighted by Gasteiger charge is 2.32. The first-order valence-electron chi connectivity index (χ1n) is 14.0. The van der Waals surface area contributed by atoms with Crippen LogP contribution in [0.15, 0.2) is 96.2 Å². The van der Waals surface area contributed by atoms with Crippen molar-refractivity contribution in [3.63, 3.8) is 0 Å². The predicted octanol–water partition coefficient (Wildman–Crippen LogP) is 6.35. The predicted molar refractivity (Wildman–Crippen MR) is 157 cm³/mol. The van der Waals surface area contributed by atoms with E-state index in [-0.39, 0.29) is 41.3 Å². The molecule has 3 heterocycles. The Morgan fingerprint density at radius 3 is 2.21 bits per heavy atom. The van der Waals surface area contributed by atoms with Crippen molar-refractivity contribution in [3.8, 4) is 17.2 Å². The van der Waals surface area contributed by atoms with Gasteiger partial charge in [0.1, 0.15) is 17.3 Å². The smallest absolute Gasteiger partial charge is 0.484 e. The van der Waals surface area contributed by atoms with Crippen molar-refractivity contribution >= 4 is 16.9 Å². The van der Waals surface area contributed by atoms with Gasteiger partial charge < -0.3 is 14.4 Å². The molecular weight excluding hydrogens is 632 g/mol. The van der Waals surface area contributed by atoms with Crippen LogP contribution in [-0.4, -0.2) is 49.5 Å². The van der Waals surface area contributed by atoms with Crippen molar-refractivity contribution in [1.29, 1.82) is 0 Å². The second kappa shape index (κ2) is 13.5. The molecule has 1 amide bonds. The number of halogens is 6. The second-order valence-electron chi connectivity index (χ2n) is 10.3. The lowest BCUT2D eigenvalue weighted by molar-refractivity contribution is -0.274. The fourth-order valence-electron chi connectivity index (χ4n) is 4.78. The number of carbonyl (C=O) groups excluding carboxylic acids is 1. The number of alkyl halides is 6. The van der Waals surface area contributed by atoms with Crippen molar-refractivity contribution < 1.29 is 40.6 Å². The molecular formula is C32H25F6N5O4. The second-order valence-corrected chi connectivity index (χ2v) is 10.3. The maximum absolute atomic E-state index is 13.9. The van der Waals surface area contributed by atoms with E-state index in [2.05, 4.69) is 19.7 Å². The van der Waals surface area contributed by atoms with Crippen LogP contribution in [0.25, 0.3) is 16.7 Å². The molecule has 0 aliphatic rings. The quantitative estimate of drug-likeness (QED) is 0.162. The molecule has 0 saturated heterocycles. The highest BCUT2D eigenvalue weighted by atomic mass is 19.4. The molecule has 0 unspecified atom stereocenters. The minimum atomic E-state index is -4.87. The summed E-state index contributed by atoms with van der Waals surface area (Å²) >= 11 is 0. The van der Waals surface area contributed by atoms with Crippen LogP contribution in [0.5, 0.6) is 11.5 Å². The molecule has 2 aromatic carbocycles. The van der Waals surface area contributed by atoms with Gasteiger partial charge in [0.25, 0.3) is 5.56 Å². The van der Waals surface area contributed by atoms with E-state index < -0.39 is 42.4 Å². The zero-order valence-electron chi connectivity index (χ0n) is 24.5. The molecule has 3 aromatic heterocycles. The van der Waals surface area contributed by atoms with Crippen LogP contribution in [-0.2, 0) is 17.8 Å². The lowest BCUT2D eigenvalue weighted by Crippen LogP contribution is -2.38. The van der Waals surface area contributed by atoms with E-state index in [1.165, 1.54) is 58.1 Å². The SMILES string of the molecule is C[C@H](c1nc2ncccc2c(=O)n1-c1ccc(OCC(F)(F)F)cc1)N(Cc1cccnc1)C(=O)Cc1ccc(OC(F)(F)F)cc1. The molecule has 0 aliphatic heterocycles. The first-order chi connectivity index (χ1) is 22.3. The fourth-order valence-corrected chi connectivity index (χ4v) is 4.78. The Kier molecular flexibility index (Phi) is 9.44. The Hall–Kier alpha value is -5.47. The van der Waals surface area contributed by atoms with Gasteiger partial charge in [0.15, 0.2) is 12.3 Å². The monoisotopic (exact) mass is 657 g/mol. The van der Waals surface area contributed by atoms with Crippen LogP contribution in [0.3, 0.4) is 0 Å². The third kappa shape index (κ3) is 8.42. The first kappa shape index (κ1) is 32.9. The van der Waals surface area contributed by atoms with E-state index in [0.29, 0.717) is 11.1 Å². The van der Waals surface area contributed by atoms with Crippen molar-refractivity contribution in [2.45, 2.75) is 38.5 Å². The summed E-state index contributed by atoms with van der Waals surface area (Å²) in [5.74, 6) is -0.884. The molecule has 9 nitrogen and oxygen atoms in total. The topological polar surface area (TPSA) is 99.4 Å². The minimum Gasteiger partial charge on any atom is -0.484 e. The van der Waals surface area contributed by atoms with Crippen molar-refractivity contribution in [2.24, 2.45) is 0 Å². The summed E-state index contributed by atoms with van der Waals surface area (Å²) in [5.41, 5.74) is 0.842. The van der Waals surface area contributed by atoms with E-state index in [9.17, 15) is 35.9 Å². The third-order valence-corrected chi connectivity index (χ3v) is 6.92. The number of hydrogen-bond acceptors (Lipinski definition) is 7. The minimum absolute atomic E-state index is 0.0173. The van der Waals surface area contributed by atoms with Crippen LogP contribution < -0.4 is 15.0 Å². The summed E-state index contributed by atoms with van der Waals surface area (Å²) in [6.45, 7) is 0.160. The van der Waals surface area contributed by atoms with Crippen molar-refractivity contribution in [2.75, 3.05) is 6.61 Å². The van der Waals surface area contributed by atoms with Crippen LogP contribution in [0.2, 0.25) is 0 Å². The lowest BCUT2D eigenvalue weighted by atomic mass is 10.1. The summed E-state index contributed by atoms with van der Waals surface area (Å²) < 4.78 is 85.9. The van der Waals surface area contributed by atoms with Gasteiger partial charge in [-0.25, -0.2) is 9.97 Å². The van der Waals surface area contributed by atoms with Gasteiger partial charge in [0.05, 0.1) is 23.5 Å². The summed E-state index contributed by atoms with van der Waals surface area (Å²) in [5, 5.41) is 0.159. The van der Waals surface area contributed by atoms with Gasteiger partial charge in [-0.2, -0.15) is 13.2 Å². The first-order valence-corrected chi connectivity index (χ1v) is 14.0. The molecule has 47 heavy (non-hydrogen) atoms. The van der Waals surface area contributed by atoms with Crippen molar-refractivity contribution in [3.05, 3.63) is 119 Å². The largest absolute Gasteiger partial charge is 0.573 e. The van der Waals surface area contributed by atoms with Gasteiger partial charge in [-0.1, -0.05) is 18.2 Å². The average molecular weight is 658 g/mol. The molecule has 5 rings (SSSR count). The summed E-state index contributed by atoms with van der Waals surface area (Å²) in [6.07, 6.45) is -5.08. The molecule has 0 bridgehead atoms. The highest BCUT2D eigenvalue weighted by Crippen LogP contribution is 2.28. The molecule has 1 atom stereocenters. The number of amides is 1. The lowest BCUT2D eigenvalue weighted by Gasteiger charge is -2.31. The molecule has 0 aliphatic carbocycles. The molecule has 5 aromatic rings. The summed E-state index contributed by atoms with van der Waals surface area (Å²) in [4.78, 5) is 42.2. The summed E-state index contributed by atoms with van der Waals surface area (Å²) in [7, 11) is 0. The van der Waals surface area contributed by atoms with Gasteiger partial charge in [-0.05, 0) is 72.6 Å². The number of carbonyl (C=O) groups is 1. The van der Waals surface area contributed by atoms with E-state index in [0.717, 1.165) is 12.1 Å². The maximum atomic E-state index is 13.9. The molecule has 0 fully saturated rings. The number of pyridine rings is 2. The van der Waals surface area contributed by atoms with E-state index in [1.54, 1.807) is 37.5 Å². The van der Waals surface area contributed by atoms with Gasteiger partial charge >= 0.3 is 12.5 Å². The summed E-state index contributed by atoms with van der Waals surface area (Å²) in [6, 6.07) is 15.8. The molecule has 244 valence electrons.